The Morgan fingerprint density at radius 1 is 1.39 bits per heavy atom. The lowest BCUT2D eigenvalue weighted by molar-refractivity contribution is 0.102. The molecule has 0 saturated carbocycles. The molecule has 23 heavy (non-hydrogen) atoms. The van der Waals surface area contributed by atoms with Crippen LogP contribution in [0.15, 0.2) is 24.5 Å². The van der Waals surface area contributed by atoms with Crippen molar-refractivity contribution in [1.29, 1.82) is 0 Å². The number of nitrogens with one attached hydrogen (secondary N) is 1. The minimum atomic E-state index is -0.329. The number of amides is 1. The molecule has 1 aromatic carbocycles. The van der Waals surface area contributed by atoms with Gasteiger partial charge in [0, 0.05) is 24.2 Å². The first-order chi connectivity index (χ1) is 11.1. The molecule has 1 aliphatic heterocycles. The van der Waals surface area contributed by atoms with Crippen LogP contribution in [0.5, 0.6) is 11.5 Å². The third-order valence-corrected chi connectivity index (χ3v) is 3.56. The maximum absolute atomic E-state index is 12.3. The molecule has 0 saturated heterocycles. The molecule has 2 heterocycles. The number of nitrogens with zero attached hydrogens (tertiary/aromatic N) is 2. The normalized spacial score (nSPS) is 15.7. The molecule has 120 valence electrons. The highest BCUT2D eigenvalue weighted by Gasteiger charge is 2.23. The molecule has 2 aromatic rings. The van der Waals surface area contributed by atoms with Crippen LogP contribution in [0.3, 0.4) is 0 Å². The van der Waals surface area contributed by atoms with Gasteiger partial charge in [-0.1, -0.05) is 0 Å². The van der Waals surface area contributed by atoms with E-state index in [1.807, 2.05) is 32.9 Å². The van der Waals surface area contributed by atoms with Crippen molar-refractivity contribution >= 4 is 11.6 Å². The van der Waals surface area contributed by atoms with E-state index in [9.17, 15) is 4.79 Å². The van der Waals surface area contributed by atoms with Gasteiger partial charge in [0.25, 0.3) is 5.91 Å². The first-order valence-electron chi connectivity index (χ1n) is 7.63. The van der Waals surface area contributed by atoms with E-state index in [0.717, 1.165) is 23.4 Å². The highest BCUT2D eigenvalue weighted by molar-refractivity contribution is 6.03. The third kappa shape index (κ3) is 3.26. The van der Waals surface area contributed by atoms with Gasteiger partial charge in [0.1, 0.15) is 23.3 Å². The molecule has 3 rings (SSSR count). The zero-order valence-corrected chi connectivity index (χ0v) is 13.4. The predicted octanol–water partition coefficient (Wildman–Crippen LogP) is 2.76. The molecule has 0 aliphatic carbocycles. The van der Waals surface area contributed by atoms with Crippen molar-refractivity contribution in [2.45, 2.75) is 33.3 Å². The van der Waals surface area contributed by atoms with Crippen molar-refractivity contribution in [2.24, 2.45) is 0 Å². The molecule has 1 aromatic heterocycles. The van der Waals surface area contributed by atoms with Crippen molar-refractivity contribution in [1.82, 2.24) is 9.97 Å². The van der Waals surface area contributed by atoms with E-state index in [1.54, 1.807) is 6.20 Å². The van der Waals surface area contributed by atoms with Crippen LogP contribution >= 0.6 is 0 Å². The lowest BCUT2D eigenvalue weighted by atomic mass is 10.1. The van der Waals surface area contributed by atoms with Gasteiger partial charge in [-0.05, 0) is 26.8 Å². The Kier molecular flexibility index (Phi) is 4.14. The number of hydrogen-bond donors (Lipinski definition) is 1. The van der Waals surface area contributed by atoms with E-state index in [4.69, 9.17) is 9.47 Å². The van der Waals surface area contributed by atoms with E-state index in [2.05, 4.69) is 15.3 Å². The average molecular weight is 313 g/mol. The highest BCUT2D eigenvalue weighted by Crippen LogP contribution is 2.38. The van der Waals surface area contributed by atoms with Gasteiger partial charge in [0.2, 0.25) is 0 Å². The number of fused-ring (bicyclic) bond motifs is 1. The van der Waals surface area contributed by atoms with Crippen molar-refractivity contribution in [3.05, 3.63) is 41.5 Å². The average Bonchev–Trinajstić information content (AvgIpc) is 2.87. The summed E-state index contributed by atoms with van der Waals surface area (Å²) < 4.78 is 11.4. The molecule has 6 nitrogen and oxygen atoms in total. The summed E-state index contributed by atoms with van der Waals surface area (Å²) in [5, 5.41) is 2.83. The Bertz CT molecular complexity index is 729. The molecule has 1 atom stereocenters. The van der Waals surface area contributed by atoms with Gasteiger partial charge in [-0.25, -0.2) is 4.98 Å². The van der Waals surface area contributed by atoms with Crippen LogP contribution in [0, 0.1) is 6.92 Å². The first kappa shape index (κ1) is 15.3. The number of benzene rings is 1. The summed E-state index contributed by atoms with van der Waals surface area (Å²) in [6, 6.07) is 3.74. The number of ether oxygens (including phenoxy) is 2. The largest absolute Gasteiger partial charge is 0.492 e. The zero-order valence-electron chi connectivity index (χ0n) is 13.4. The molecule has 1 amide bonds. The standard InChI is InChI=1S/C17H19N3O3/c1-4-22-16-6-12-5-11(3)23-15(12)7-13(16)20-17(21)14-9-18-10(2)8-19-14/h6-9,11H,4-5H2,1-3H3,(H,20,21)/t11-/m0/s1. The number of anilines is 1. The monoisotopic (exact) mass is 313 g/mol. The zero-order chi connectivity index (χ0) is 16.4. The second-order valence-corrected chi connectivity index (χ2v) is 5.52. The summed E-state index contributed by atoms with van der Waals surface area (Å²) in [7, 11) is 0. The number of carbonyl (C=O) groups excluding carboxylic acids is 1. The second-order valence-electron chi connectivity index (χ2n) is 5.52. The number of rotatable bonds is 4. The topological polar surface area (TPSA) is 73.3 Å². The molecule has 0 spiro atoms. The van der Waals surface area contributed by atoms with Crippen LogP contribution in [-0.4, -0.2) is 28.6 Å². The van der Waals surface area contributed by atoms with Gasteiger partial charge in [0.15, 0.2) is 0 Å². The summed E-state index contributed by atoms with van der Waals surface area (Å²) in [5.74, 6) is 1.09. The quantitative estimate of drug-likeness (QED) is 0.939. The summed E-state index contributed by atoms with van der Waals surface area (Å²) in [6.07, 6.45) is 3.99. The van der Waals surface area contributed by atoms with Gasteiger partial charge in [-0.2, -0.15) is 0 Å². The summed E-state index contributed by atoms with van der Waals surface area (Å²) >= 11 is 0. The number of carbonyl (C=O) groups is 1. The smallest absolute Gasteiger partial charge is 0.275 e. The van der Waals surface area contributed by atoms with E-state index >= 15 is 0 Å². The Morgan fingerprint density at radius 3 is 2.91 bits per heavy atom. The SMILES string of the molecule is CCOc1cc2c(cc1NC(=O)c1cnc(C)cn1)O[C@@H](C)C2. The van der Waals surface area contributed by atoms with E-state index in [-0.39, 0.29) is 17.7 Å². The van der Waals surface area contributed by atoms with Gasteiger partial charge in [-0.15, -0.1) is 0 Å². The molecule has 0 radical (unpaired) electrons. The van der Waals surface area contributed by atoms with Crippen molar-refractivity contribution in [3.8, 4) is 11.5 Å². The number of aryl methyl sites for hydroxylation is 1. The Labute approximate surface area is 134 Å². The number of aromatic nitrogens is 2. The molecule has 0 unspecified atom stereocenters. The fourth-order valence-corrected chi connectivity index (χ4v) is 2.51. The van der Waals surface area contributed by atoms with Gasteiger partial charge >= 0.3 is 0 Å². The van der Waals surface area contributed by atoms with E-state index < -0.39 is 0 Å². The van der Waals surface area contributed by atoms with E-state index in [1.165, 1.54) is 6.20 Å². The van der Waals surface area contributed by atoms with Crippen LogP contribution in [0.4, 0.5) is 5.69 Å². The van der Waals surface area contributed by atoms with Crippen LogP contribution in [-0.2, 0) is 6.42 Å². The number of hydrogen-bond acceptors (Lipinski definition) is 5. The molecule has 6 heteroatoms. The lowest BCUT2D eigenvalue weighted by Crippen LogP contribution is -2.15. The van der Waals surface area contributed by atoms with Crippen molar-refractivity contribution in [2.75, 3.05) is 11.9 Å². The fourth-order valence-electron chi connectivity index (χ4n) is 2.51. The van der Waals surface area contributed by atoms with Gasteiger partial charge in [-0.3, -0.25) is 9.78 Å². The summed E-state index contributed by atoms with van der Waals surface area (Å²) in [4.78, 5) is 20.5. The van der Waals surface area contributed by atoms with E-state index in [0.29, 0.717) is 18.0 Å². The Balaban J connectivity index is 1.88. The lowest BCUT2D eigenvalue weighted by Gasteiger charge is -2.13. The molecule has 0 bridgehead atoms. The molecular weight excluding hydrogens is 294 g/mol. The second kappa shape index (κ2) is 6.24. The Hall–Kier alpha value is -2.63. The van der Waals surface area contributed by atoms with Crippen LogP contribution in [0.25, 0.3) is 0 Å². The highest BCUT2D eigenvalue weighted by atomic mass is 16.5. The van der Waals surface area contributed by atoms with Crippen LogP contribution in [0.2, 0.25) is 0 Å². The minimum Gasteiger partial charge on any atom is -0.492 e. The summed E-state index contributed by atoms with van der Waals surface area (Å²) in [6.45, 7) is 6.26. The molecular formula is C17H19N3O3. The third-order valence-electron chi connectivity index (χ3n) is 3.56. The fraction of sp³-hybridized carbons (Fsp3) is 0.353. The molecule has 0 fully saturated rings. The minimum absolute atomic E-state index is 0.133. The van der Waals surface area contributed by atoms with Gasteiger partial charge in [0.05, 0.1) is 24.2 Å². The Morgan fingerprint density at radius 2 is 2.22 bits per heavy atom. The van der Waals surface area contributed by atoms with Gasteiger partial charge < -0.3 is 14.8 Å². The van der Waals surface area contributed by atoms with Crippen molar-refractivity contribution < 1.29 is 14.3 Å². The maximum Gasteiger partial charge on any atom is 0.275 e. The van der Waals surface area contributed by atoms with Crippen molar-refractivity contribution in [3.63, 3.8) is 0 Å². The van der Waals surface area contributed by atoms with Crippen LogP contribution in [0.1, 0.15) is 35.6 Å². The molecule has 1 N–H and O–H groups in total. The molecule has 1 aliphatic rings. The summed E-state index contributed by atoms with van der Waals surface area (Å²) in [5.41, 5.74) is 2.69. The van der Waals surface area contributed by atoms with Crippen LogP contribution < -0.4 is 14.8 Å². The first-order valence-corrected chi connectivity index (χ1v) is 7.63. The maximum atomic E-state index is 12.3. The predicted molar refractivity (Wildman–Crippen MR) is 86.1 cm³/mol.